The minimum absolute atomic E-state index is 0.119. The first kappa shape index (κ1) is 29.0. The van der Waals surface area contributed by atoms with Gasteiger partial charge in [-0.25, -0.2) is 8.42 Å². The third kappa shape index (κ3) is 8.47. The van der Waals surface area contributed by atoms with Gasteiger partial charge >= 0.3 is 0 Å². The fourth-order valence-corrected chi connectivity index (χ4v) is 5.75. The van der Waals surface area contributed by atoms with Crippen LogP contribution in [-0.4, -0.2) is 50.0 Å². The standard InChI is InChI=1S/C28H38ClN3O4S/c1-4-22-13-17-26(18-14-22)32(37(3,35)36)19-7-10-27(33)31(20-23-11-15-24(29)16-12-23)21(2)28(34)30-25-8-5-6-9-25/h11-18,21,25H,4-10,19-20H2,1-3H3,(H,30,34). The van der Waals surface area contributed by atoms with Crippen molar-refractivity contribution in [2.24, 2.45) is 0 Å². The van der Waals surface area contributed by atoms with Crippen LogP contribution >= 0.6 is 11.6 Å². The van der Waals surface area contributed by atoms with Gasteiger partial charge in [0.25, 0.3) is 0 Å². The lowest BCUT2D eigenvalue weighted by molar-refractivity contribution is -0.141. The number of hydrogen-bond donors (Lipinski definition) is 1. The van der Waals surface area contributed by atoms with E-state index in [2.05, 4.69) is 5.32 Å². The predicted molar refractivity (Wildman–Crippen MR) is 149 cm³/mol. The van der Waals surface area contributed by atoms with Crippen molar-refractivity contribution in [1.29, 1.82) is 0 Å². The Morgan fingerprint density at radius 3 is 2.19 bits per heavy atom. The van der Waals surface area contributed by atoms with Crippen LogP contribution in [0, 0.1) is 0 Å². The summed E-state index contributed by atoms with van der Waals surface area (Å²) in [5, 5.41) is 3.69. The van der Waals surface area contributed by atoms with E-state index in [9.17, 15) is 18.0 Å². The van der Waals surface area contributed by atoms with Crippen LogP contribution in [0.15, 0.2) is 48.5 Å². The molecule has 0 heterocycles. The smallest absolute Gasteiger partial charge is 0.242 e. The van der Waals surface area contributed by atoms with E-state index in [1.165, 1.54) is 10.6 Å². The molecule has 7 nitrogen and oxygen atoms in total. The minimum Gasteiger partial charge on any atom is -0.352 e. The summed E-state index contributed by atoms with van der Waals surface area (Å²) in [5.74, 6) is -0.359. The third-order valence-electron chi connectivity index (χ3n) is 6.92. The highest BCUT2D eigenvalue weighted by atomic mass is 35.5. The highest BCUT2D eigenvalue weighted by Crippen LogP contribution is 2.21. The second-order valence-corrected chi connectivity index (χ2v) is 12.1. The molecule has 0 bridgehead atoms. The quantitative estimate of drug-likeness (QED) is 0.408. The summed E-state index contributed by atoms with van der Waals surface area (Å²) >= 11 is 6.02. The monoisotopic (exact) mass is 547 g/mol. The lowest BCUT2D eigenvalue weighted by Gasteiger charge is -2.30. The maximum Gasteiger partial charge on any atom is 0.242 e. The molecule has 37 heavy (non-hydrogen) atoms. The number of halogens is 1. The average molecular weight is 548 g/mol. The summed E-state index contributed by atoms with van der Waals surface area (Å²) in [6.45, 7) is 4.23. The minimum atomic E-state index is -3.52. The Morgan fingerprint density at radius 1 is 1.03 bits per heavy atom. The van der Waals surface area contributed by atoms with Gasteiger partial charge in [0, 0.05) is 30.6 Å². The van der Waals surface area contributed by atoms with Gasteiger partial charge in [0.15, 0.2) is 0 Å². The highest BCUT2D eigenvalue weighted by molar-refractivity contribution is 7.92. The van der Waals surface area contributed by atoms with Crippen LogP contribution in [0.4, 0.5) is 5.69 Å². The van der Waals surface area contributed by atoms with Gasteiger partial charge in [-0.05, 0) is 68.0 Å². The van der Waals surface area contributed by atoms with E-state index in [0.717, 1.165) is 43.2 Å². The van der Waals surface area contributed by atoms with Crippen LogP contribution < -0.4 is 9.62 Å². The largest absolute Gasteiger partial charge is 0.352 e. The molecule has 2 aromatic rings. The van der Waals surface area contributed by atoms with Crippen molar-refractivity contribution in [2.75, 3.05) is 17.1 Å². The second kappa shape index (κ2) is 13.3. The molecule has 1 atom stereocenters. The topological polar surface area (TPSA) is 86.8 Å². The number of hydrogen-bond acceptors (Lipinski definition) is 4. The fourth-order valence-electron chi connectivity index (χ4n) is 4.66. The van der Waals surface area contributed by atoms with E-state index in [1.807, 2.05) is 31.2 Å². The molecular formula is C28H38ClN3O4S. The number of benzene rings is 2. The van der Waals surface area contributed by atoms with Crippen molar-refractivity contribution in [3.8, 4) is 0 Å². The Hall–Kier alpha value is -2.58. The molecule has 1 N–H and O–H groups in total. The summed E-state index contributed by atoms with van der Waals surface area (Å²) in [7, 11) is -3.52. The summed E-state index contributed by atoms with van der Waals surface area (Å²) in [4.78, 5) is 28.0. The molecule has 1 aliphatic rings. The molecule has 0 saturated heterocycles. The number of amides is 2. The number of carbonyl (C=O) groups is 2. The van der Waals surface area contributed by atoms with E-state index in [-0.39, 0.29) is 37.4 Å². The van der Waals surface area contributed by atoms with Crippen molar-refractivity contribution >= 4 is 39.1 Å². The number of aryl methyl sites for hydroxylation is 1. The van der Waals surface area contributed by atoms with E-state index in [0.29, 0.717) is 17.1 Å². The normalized spacial score (nSPS) is 14.8. The molecule has 2 amide bonds. The molecule has 0 radical (unpaired) electrons. The van der Waals surface area contributed by atoms with Crippen molar-refractivity contribution in [3.05, 3.63) is 64.7 Å². The van der Waals surface area contributed by atoms with Crippen LogP contribution in [-0.2, 0) is 32.6 Å². The highest BCUT2D eigenvalue weighted by Gasteiger charge is 2.28. The summed E-state index contributed by atoms with van der Waals surface area (Å²) in [5.41, 5.74) is 2.57. The van der Waals surface area contributed by atoms with Crippen molar-refractivity contribution in [2.45, 2.75) is 77.4 Å². The molecule has 2 aromatic carbocycles. The Morgan fingerprint density at radius 2 is 1.62 bits per heavy atom. The van der Waals surface area contributed by atoms with E-state index in [4.69, 9.17) is 11.6 Å². The number of carbonyl (C=O) groups excluding carboxylic acids is 2. The van der Waals surface area contributed by atoms with Gasteiger partial charge in [0.05, 0.1) is 11.9 Å². The van der Waals surface area contributed by atoms with Gasteiger partial charge in [-0.2, -0.15) is 0 Å². The van der Waals surface area contributed by atoms with E-state index >= 15 is 0 Å². The van der Waals surface area contributed by atoms with Gasteiger partial charge in [0.2, 0.25) is 21.8 Å². The van der Waals surface area contributed by atoms with E-state index in [1.54, 1.807) is 36.1 Å². The molecule has 202 valence electrons. The molecular weight excluding hydrogens is 510 g/mol. The third-order valence-corrected chi connectivity index (χ3v) is 8.37. The van der Waals surface area contributed by atoms with Gasteiger partial charge in [-0.15, -0.1) is 0 Å². The van der Waals surface area contributed by atoms with Crippen LogP contribution in [0.3, 0.4) is 0 Å². The molecule has 9 heteroatoms. The SMILES string of the molecule is CCc1ccc(N(CCCC(=O)N(Cc2ccc(Cl)cc2)C(C)C(=O)NC2CCCC2)S(C)(=O)=O)cc1. The number of anilines is 1. The molecule has 1 unspecified atom stereocenters. The van der Waals surface area contributed by atoms with Crippen LogP contribution in [0.2, 0.25) is 5.02 Å². The fraction of sp³-hybridized carbons (Fsp3) is 0.500. The number of sulfonamides is 1. The van der Waals surface area contributed by atoms with Crippen molar-refractivity contribution < 1.29 is 18.0 Å². The maximum atomic E-state index is 13.4. The first-order valence-corrected chi connectivity index (χ1v) is 15.2. The summed E-state index contributed by atoms with van der Waals surface area (Å²) in [6.07, 6.45) is 6.61. The lowest BCUT2D eigenvalue weighted by atomic mass is 10.1. The van der Waals surface area contributed by atoms with Crippen LogP contribution in [0.5, 0.6) is 0 Å². The van der Waals surface area contributed by atoms with Gasteiger partial charge < -0.3 is 10.2 Å². The number of nitrogens with zero attached hydrogens (tertiary/aromatic N) is 2. The zero-order chi connectivity index (χ0) is 27.0. The molecule has 1 saturated carbocycles. The zero-order valence-electron chi connectivity index (χ0n) is 22.0. The van der Waals surface area contributed by atoms with Crippen LogP contribution in [0.1, 0.15) is 63.5 Å². The first-order valence-electron chi connectivity index (χ1n) is 13.0. The van der Waals surface area contributed by atoms with Crippen LogP contribution in [0.25, 0.3) is 0 Å². The Kier molecular flexibility index (Phi) is 10.4. The van der Waals surface area contributed by atoms with Gasteiger partial charge in [0.1, 0.15) is 6.04 Å². The lowest BCUT2D eigenvalue weighted by Crippen LogP contribution is -2.49. The molecule has 1 fully saturated rings. The molecule has 3 rings (SSSR count). The van der Waals surface area contributed by atoms with Crippen molar-refractivity contribution in [3.63, 3.8) is 0 Å². The van der Waals surface area contributed by atoms with Gasteiger partial charge in [-0.3, -0.25) is 13.9 Å². The molecule has 1 aliphatic carbocycles. The maximum absolute atomic E-state index is 13.4. The summed E-state index contributed by atoms with van der Waals surface area (Å²) < 4.78 is 26.3. The molecule has 0 aliphatic heterocycles. The average Bonchev–Trinajstić information content (AvgIpc) is 3.38. The molecule has 0 spiro atoms. The number of nitrogens with one attached hydrogen (secondary N) is 1. The Labute approximate surface area is 226 Å². The predicted octanol–water partition coefficient (Wildman–Crippen LogP) is 4.92. The Balaban J connectivity index is 1.70. The Bertz CT molecular complexity index is 1150. The first-order chi connectivity index (χ1) is 17.6. The van der Waals surface area contributed by atoms with Crippen molar-refractivity contribution in [1.82, 2.24) is 10.2 Å². The molecule has 0 aromatic heterocycles. The number of rotatable bonds is 12. The van der Waals surface area contributed by atoms with Gasteiger partial charge in [-0.1, -0.05) is 55.6 Å². The summed E-state index contributed by atoms with van der Waals surface area (Å²) in [6, 6.07) is 14.1. The zero-order valence-corrected chi connectivity index (χ0v) is 23.5. The second-order valence-electron chi connectivity index (χ2n) is 9.77. The van der Waals surface area contributed by atoms with E-state index < -0.39 is 16.1 Å².